The SMILES string of the molecule is c1ccc2c(c1)sc1c(-n3c4ccccc4c4cc(-c5cc(-n6c7ccccc7c7ccccc76)ccn5)ccc43)ncnc12. The van der Waals surface area contributed by atoms with E-state index in [0.717, 1.165) is 44.0 Å². The number of aromatic nitrogens is 5. The van der Waals surface area contributed by atoms with Crippen LogP contribution in [0.2, 0.25) is 0 Å². The van der Waals surface area contributed by atoms with Gasteiger partial charge in [0.25, 0.3) is 0 Å². The predicted molar refractivity (Wildman–Crippen MR) is 187 cm³/mol. The van der Waals surface area contributed by atoms with Crippen LogP contribution in [0.5, 0.6) is 0 Å². The number of hydrogen-bond acceptors (Lipinski definition) is 4. The van der Waals surface area contributed by atoms with E-state index in [2.05, 4.69) is 137 Å². The van der Waals surface area contributed by atoms with Crippen LogP contribution in [0.15, 0.2) is 140 Å². The molecule has 10 rings (SSSR count). The first-order valence-electron chi connectivity index (χ1n) is 14.9. The van der Waals surface area contributed by atoms with Crippen LogP contribution in [0.25, 0.3) is 86.7 Å². The van der Waals surface area contributed by atoms with E-state index in [4.69, 9.17) is 15.0 Å². The summed E-state index contributed by atoms with van der Waals surface area (Å²) in [7, 11) is 0. The topological polar surface area (TPSA) is 48.5 Å². The van der Waals surface area contributed by atoms with Crippen molar-refractivity contribution in [3.05, 3.63) is 140 Å². The normalized spacial score (nSPS) is 12.0. The number of para-hydroxylation sites is 3. The van der Waals surface area contributed by atoms with Gasteiger partial charge in [0.15, 0.2) is 5.82 Å². The number of thiophene rings is 1. The zero-order valence-corrected chi connectivity index (χ0v) is 24.7. The fraction of sp³-hybridized carbons (Fsp3) is 0. The summed E-state index contributed by atoms with van der Waals surface area (Å²) >= 11 is 1.75. The van der Waals surface area contributed by atoms with Crippen molar-refractivity contribution in [3.8, 4) is 22.8 Å². The van der Waals surface area contributed by atoms with Crippen LogP contribution in [-0.2, 0) is 0 Å². The van der Waals surface area contributed by atoms with E-state index in [9.17, 15) is 0 Å². The van der Waals surface area contributed by atoms with E-state index in [1.807, 2.05) is 6.20 Å². The summed E-state index contributed by atoms with van der Waals surface area (Å²) in [5.74, 6) is 0.909. The Hall–Kier alpha value is -5.85. The third-order valence-electron chi connectivity index (χ3n) is 8.90. The van der Waals surface area contributed by atoms with Gasteiger partial charge in [0.05, 0.1) is 38.0 Å². The van der Waals surface area contributed by atoms with Gasteiger partial charge in [-0.1, -0.05) is 78.9 Å². The Balaban J connectivity index is 1.19. The Morgan fingerprint density at radius 2 is 1.11 bits per heavy atom. The highest BCUT2D eigenvalue weighted by molar-refractivity contribution is 7.26. The van der Waals surface area contributed by atoms with Gasteiger partial charge in [0.2, 0.25) is 0 Å². The van der Waals surface area contributed by atoms with Gasteiger partial charge in [-0.25, -0.2) is 9.97 Å². The van der Waals surface area contributed by atoms with E-state index >= 15 is 0 Å². The van der Waals surface area contributed by atoms with E-state index < -0.39 is 0 Å². The van der Waals surface area contributed by atoms with Crippen molar-refractivity contribution in [2.75, 3.05) is 0 Å². The highest BCUT2D eigenvalue weighted by Crippen LogP contribution is 2.40. The summed E-state index contributed by atoms with van der Waals surface area (Å²) in [5, 5.41) is 6.01. The summed E-state index contributed by atoms with van der Waals surface area (Å²) in [6, 6.07) is 45.2. The Labute approximate surface area is 261 Å². The van der Waals surface area contributed by atoms with Crippen LogP contribution in [0.1, 0.15) is 0 Å². The molecular weight excluding hydrogens is 571 g/mol. The molecule has 0 unspecified atom stereocenters. The number of hydrogen-bond donors (Lipinski definition) is 0. The zero-order chi connectivity index (χ0) is 29.5. The van der Waals surface area contributed by atoms with Gasteiger partial charge < -0.3 is 4.57 Å². The molecule has 5 aromatic carbocycles. The first kappa shape index (κ1) is 24.6. The molecule has 0 saturated carbocycles. The Morgan fingerprint density at radius 3 is 1.87 bits per heavy atom. The Kier molecular flexibility index (Phi) is 5.09. The van der Waals surface area contributed by atoms with Crippen molar-refractivity contribution in [1.29, 1.82) is 0 Å². The molecule has 0 spiro atoms. The fourth-order valence-electron chi connectivity index (χ4n) is 6.95. The minimum Gasteiger partial charge on any atom is -0.309 e. The van der Waals surface area contributed by atoms with Crippen molar-refractivity contribution in [3.63, 3.8) is 0 Å². The van der Waals surface area contributed by atoms with Crippen LogP contribution in [0, 0.1) is 0 Å². The molecule has 0 atom stereocenters. The van der Waals surface area contributed by atoms with Crippen LogP contribution in [-0.4, -0.2) is 24.1 Å². The van der Waals surface area contributed by atoms with Crippen LogP contribution in [0.4, 0.5) is 0 Å². The summed E-state index contributed by atoms with van der Waals surface area (Å²) in [4.78, 5) is 14.4. The molecule has 0 N–H and O–H groups in total. The molecule has 0 bridgehead atoms. The molecule has 45 heavy (non-hydrogen) atoms. The maximum absolute atomic E-state index is 4.86. The van der Waals surface area contributed by atoms with Crippen molar-refractivity contribution in [1.82, 2.24) is 24.1 Å². The molecule has 10 aromatic rings. The van der Waals surface area contributed by atoms with Gasteiger partial charge in [0.1, 0.15) is 6.33 Å². The highest BCUT2D eigenvalue weighted by atomic mass is 32.1. The molecule has 0 aliphatic rings. The standard InChI is InChI=1S/C39H23N5S/c1-5-13-32-26(9-1)27-10-2-6-14-33(27)43(32)25-19-20-40-31(22-25)24-17-18-35-30(21-24)28-11-3-7-15-34(28)44(35)39-38-37(41-23-42-39)29-12-4-8-16-36(29)45-38/h1-23H. The minimum absolute atomic E-state index is 0.909. The number of fused-ring (bicyclic) bond motifs is 9. The average molecular weight is 594 g/mol. The Morgan fingerprint density at radius 1 is 0.489 bits per heavy atom. The van der Waals surface area contributed by atoms with Crippen molar-refractivity contribution >= 4 is 75.3 Å². The predicted octanol–water partition coefficient (Wildman–Crippen LogP) is 10.1. The van der Waals surface area contributed by atoms with E-state index in [-0.39, 0.29) is 0 Å². The van der Waals surface area contributed by atoms with Gasteiger partial charge >= 0.3 is 0 Å². The maximum atomic E-state index is 4.86. The average Bonchev–Trinajstić information content (AvgIpc) is 3.76. The molecular formula is C39H23N5S. The zero-order valence-electron chi connectivity index (χ0n) is 23.9. The Bertz CT molecular complexity index is 2730. The van der Waals surface area contributed by atoms with Gasteiger partial charge in [-0.3, -0.25) is 9.55 Å². The smallest absolute Gasteiger partial charge is 0.159 e. The fourth-order valence-corrected chi connectivity index (χ4v) is 8.08. The second-order valence-electron chi connectivity index (χ2n) is 11.3. The summed E-state index contributed by atoms with van der Waals surface area (Å²) < 4.78 is 6.93. The molecule has 0 fully saturated rings. The summed E-state index contributed by atoms with van der Waals surface area (Å²) in [6.07, 6.45) is 3.61. The monoisotopic (exact) mass is 593 g/mol. The van der Waals surface area contributed by atoms with Crippen LogP contribution >= 0.6 is 11.3 Å². The molecule has 0 aliphatic carbocycles. The third-order valence-corrected chi connectivity index (χ3v) is 10.1. The highest BCUT2D eigenvalue weighted by Gasteiger charge is 2.19. The summed E-state index contributed by atoms with van der Waals surface area (Å²) in [5.41, 5.74) is 8.69. The molecule has 5 heterocycles. The molecule has 5 nitrogen and oxygen atoms in total. The third kappa shape index (κ3) is 3.51. The molecule has 0 aliphatic heterocycles. The molecule has 5 aromatic heterocycles. The van der Waals surface area contributed by atoms with Gasteiger partial charge in [-0.15, -0.1) is 11.3 Å². The van der Waals surface area contributed by atoms with Gasteiger partial charge in [-0.2, -0.15) is 0 Å². The maximum Gasteiger partial charge on any atom is 0.159 e. The largest absolute Gasteiger partial charge is 0.309 e. The second-order valence-corrected chi connectivity index (χ2v) is 12.4. The lowest BCUT2D eigenvalue weighted by Crippen LogP contribution is -1.98. The molecule has 0 saturated heterocycles. The van der Waals surface area contributed by atoms with Crippen molar-refractivity contribution < 1.29 is 0 Å². The van der Waals surface area contributed by atoms with Crippen LogP contribution in [0.3, 0.4) is 0 Å². The lowest BCUT2D eigenvalue weighted by atomic mass is 10.1. The minimum atomic E-state index is 0.909. The van der Waals surface area contributed by atoms with Gasteiger partial charge in [0, 0.05) is 49.1 Å². The molecule has 0 radical (unpaired) electrons. The van der Waals surface area contributed by atoms with E-state index in [1.54, 1.807) is 17.7 Å². The van der Waals surface area contributed by atoms with Crippen molar-refractivity contribution in [2.24, 2.45) is 0 Å². The summed E-state index contributed by atoms with van der Waals surface area (Å²) in [6.45, 7) is 0. The first-order valence-corrected chi connectivity index (χ1v) is 15.8. The number of pyridine rings is 1. The molecule has 6 heteroatoms. The van der Waals surface area contributed by atoms with E-state index in [1.165, 1.54) is 42.7 Å². The lowest BCUT2D eigenvalue weighted by Gasteiger charge is -2.10. The van der Waals surface area contributed by atoms with Gasteiger partial charge in [-0.05, 0) is 48.5 Å². The van der Waals surface area contributed by atoms with Crippen molar-refractivity contribution in [2.45, 2.75) is 0 Å². The first-order chi connectivity index (χ1) is 22.3. The number of nitrogens with zero attached hydrogens (tertiary/aromatic N) is 5. The second kappa shape index (κ2) is 9.32. The number of rotatable bonds is 3. The quantitative estimate of drug-likeness (QED) is 0.205. The number of benzene rings is 5. The molecule has 0 amide bonds. The lowest BCUT2D eigenvalue weighted by molar-refractivity contribution is 1.08. The van der Waals surface area contributed by atoms with E-state index in [0.29, 0.717) is 0 Å². The van der Waals surface area contributed by atoms with Crippen LogP contribution < -0.4 is 0 Å². The molecule has 210 valence electrons.